The molecule has 0 radical (unpaired) electrons. The van der Waals surface area contributed by atoms with Crippen LogP contribution in [0, 0.1) is 0 Å². The summed E-state index contributed by atoms with van der Waals surface area (Å²) in [6.45, 7) is 0.596. The topological polar surface area (TPSA) is 82.2 Å². The number of primary sulfonamides is 1. The second kappa shape index (κ2) is 4.62. The maximum Gasteiger partial charge on any atom is 0.209 e. The third-order valence-corrected chi connectivity index (χ3v) is 3.88. The molecule has 94 valence electrons. The molecule has 1 aliphatic rings. The smallest absolute Gasteiger partial charge is 0.209 e. The van der Waals surface area contributed by atoms with Crippen molar-refractivity contribution in [3.8, 4) is 0 Å². The lowest BCUT2D eigenvalue weighted by Gasteiger charge is -2.14. The van der Waals surface area contributed by atoms with E-state index in [9.17, 15) is 13.2 Å². The molecule has 0 bridgehead atoms. The molecule has 0 aliphatic heterocycles. The van der Waals surface area contributed by atoms with Gasteiger partial charge < -0.3 is 4.57 Å². The van der Waals surface area contributed by atoms with Crippen LogP contribution in [0.3, 0.4) is 0 Å². The van der Waals surface area contributed by atoms with E-state index in [1.54, 1.807) is 0 Å². The molecule has 17 heavy (non-hydrogen) atoms. The summed E-state index contributed by atoms with van der Waals surface area (Å²) >= 11 is 0. The van der Waals surface area contributed by atoms with E-state index in [1.165, 1.54) is 0 Å². The van der Waals surface area contributed by atoms with Gasteiger partial charge in [0.15, 0.2) is 5.78 Å². The maximum atomic E-state index is 11.6. The van der Waals surface area contributed by atoms with Gasteiger partial charge in [0.05, 0.1) is 5.75 Å². The number of aryl methyl sites for hydroxylation is 1. The van der Waals surface area contributed by atoms with Crippen molar-refractivity contribution in [3.63, 3.8) is 0 Å². The fourth-order valence-corrected chi connectivity index (χ4v) is 2.77. The van der Waals surface area contributed by atoms with E-state index in [0.717, 1.165) is 24.1 Å². The van der Waals surface area contributed by atoms with Crippen LogP contribution in [0.1, 0.15) is 35.3 Å². The van der Waals surface area contributed by atoms with Gasteiger partial charge in [0.25, 0.3) is 0 Å². The Balaban J connectivity index is 2.05. The van der Waals surface area contributed by atoms with Gasteiger partial charge in [0.2, 0.25) is 10.0 Å². The minimum Gasteiger partial charge on any atom is -0.351 e. The summed E-state index contributed by atoms with van der Waals surface area (Å²) in [7, 11) is -3.39. The van der Waals surface area contributed by atoms with E-state index in [0.29, 0.717) is 19.4 Å². The quantitative estimate of drug-likeness (QED) is 0.860. The first-order chi connectivity index (χ1) is 7.97. The SMILES string of the molecule is NS(=O)(=O)CCCn1ccc2c1CCCC2=O. The molecule has 0 atom stereocenters. The van der Waals surface area contributed by atoms with Crippen molar-refractivity contribution < 1.29 is 13.2 Å². The van der Waals surface area contributed by atoms with Crippen LogP contribution < -0.4 is 5.14 Å². The number of hydrogen-bond donors (Lipinski definition) is 1. The van der Waals surface area contributed by atoms with Crippen molar-refractivity contribution in [1.82, 2.24) is 4.57 Å². The number of carbonyl (C=O) groups excluding carboxylic acids is 1. The summed E-state index contributed by atoms with van der Waals surface area (Å²) < 4.78 is 23.6. The number of rotatable bonds is 4. The molecule has 0 spiro atoms. The summed E-state index contributed by atoms with van der Waals surface area (Å²) in [6.07, 6.45) is 4.73. The summed E-state index contributed by atoms with van der Waals surface area (Å²) in [4.78, 5) is 11.6. The molecule has 2 rings (SSSR count). The molecule has 0 amide bonds. The number of carbonyl (C=O) groups is 1. The Morgan fingerprint density at radius 3 is 2.82 bits per heavy atom. The summed E-state index contributed by atoms with van der Waals surface area (Å²) in [5.74, 6) is 0.171. The van der Waals surface area contributed by atoms with Gasteiger partial charge in [0, 0.05) is 30.4 Å². The van der Waals surface area contributed by atoms with Gasteiger partial charge in [-0.2, -0.15) is 0 Å². The Kier molecular flexibility index (Phi) is 3.35. The number of nitrogens with zero attached hydrogens (tertiary/aromatic N) is 1. The monoisotopic (exact) mass is 256 g/mol. The molecule has 6 heteroatoms. The summed E-state index contributed by atoms with van der Waals surface area (Å²) in [6, 6.07) is 1.83. The first kappa shape index (κ1) is 12.3. The van der Waals surface area contributed by atoms with Crippen LogP contribution in [-0.4, -0.2) is 24.5 Å². The van der Waals surface area contributed by atoms with Crippen molar-refractivity contribution >= 4 is 15.8 Å². The first-order valence-electron chi connectivity index (χ1n) is 5.69. The standard InChI is InChI=1S/C11H16N2O3S/c12-17(15,16)8-2-6-13-7-5-9-10(13)3-1-4-11(9)14/h5,7H,1-4,6,8H2,(H2,12,15,16). The fraction of sp³-hybridized carbons (Fsp3) is 0.545. The van der Waals surface area contributed by atoms with Gasteiger partial charge >= 0.3 is 0 Å². The zero-order chi connectivity index (χ0) is 12.5. The Morgan fingerprint density at radius 2 is 2.12 bits per heavy atom. The van der Waals surface area contributed by atoms with E-state index < -0.39 is 10.0 Å². The molecule has 1 aliphatic carbocycles. The van der Waals surface area contributed by atoms with Crippen LogP contribution in [0.2, 0.25) is 0 Å². The highest BCUT2D eigenvalue weighted by molar-refractivity contribution is 7.89. The number of hydrogen-bond acceptors (Lipinski definition) is 3. The highest BCUT2D eigenvalue weighted by atomic mass is 32.2. The van der Waals surface area contributed by atoms with Gasteiger partial charge in [-0.05, 0) is 25.3 Å². The molecule has 2 N–H and O–H groups in total. The molecule has 1 heterocycles. The second-order valence-corrected chi connectivity index (χ2v) is 6.10. The van der Waals surface area contributed by atoms with Crippen molar-refractivity contribution in [2.45, 2.75) is 32.2 Å². The van der Waals surface area contributed by atoms with Crippen molar-refractivity contribution in [3.05, 3.63) is 23.5 Å². The fourth-order valence-electron chi connectivity index (χ4n) is 2.23. The van der Waals surface area contributed by atoms with Crippen LogP contribution in [0.5, 0.6) is 0 Å². The molecular formula is C11H16N2O3S. The average Bonchev–Trinajstić information content (AvgIpc) is 2.61. The van der Waals surface area contributed by atoms with Crippen LogP contribution in [0.15, 0.2) is 12.3 Å². The van der Waals surface area contributed by atoms with Gasteiger partial charge in [-0.3, -0.25) is 4.79 Å². The number of fused-ring (bicyclic) bond motifs is 1. The molecular weight excluding hydrogens is 240 g/mol. The van der Waals surface area contributed by atoms with Gasteiger partial charge in [-0.25, -0.2) is 13.6 Å². The summed E-state index contributed by atoms with van der Waals surface area (Å²) in [5.41, 5.74) is 1.84. The van der Waals surface area contributed by atoms with Crippen molar-refractivity contribution in [2.24, 2.45) is 5.14 Å². The van der Waals surface area contributed by atoms with Gasteiger partial charge in [-0.1, -0.05) is 0 Å². The molecule has 0 saturated carbocycles. The van der Waals surface area contributed by atoms with Crippen molar-refractivity contribution in [1.29, 1.82) is 0 Å². The zero-order valence-electron chi connectivity index (χ0n) is 9.55. The van der Waals surface area contributed by atoms with Gasteiger partial charge in [0.1, 0.15) is 0 Å². The van der Waals surface area contributed by atoms with Gasteiger partial charge in [-0.15, -0.1) is 0 Å². The van der Waals surface area contributed by atoms with E-state index in [-0.39, 0.29) is 11.5 Å². The Labute approximate surface area is 101 Å². The lowest BCUT2D eigenvalue weighted by Crippen LogP contribution is -2.19. The van der Waals surface area contributed by atoms with Crippen LogP contribution in [0.4, 0.5) is 0 Å². The molecule has 1 aromatic rings. The third-order valence-electron chi connectivity index (χ3n) is 3.02. The van der Waals surface area contributed by atoms with Crippen LogP contribution in [0.25, 0.3) is 0 Å². The average molecular weight is 256 g/mol. The minimum atomic E-state index is -3.39. The number of ketones is 1. The minimum absolute atomic E-state index is 0.0199. The maximum absolute atomic E-state index is 11.6. The number of sulfonamides is 1. The predicted molar refractivity (Wildman–Crippen MR) is 64.3 cm³/mol. The normalized spacial score (nSPS) is 15.9. The van der Waals surface area contributed by atoms with Crippen molar-refractivity contribution in [2.75, 3.05) is 5.75 Å². The van der Waals surface area contributed by atoms with E-state index in [1.807, 2.05) is 16.8 Å². The predicted octanol–water partition coefficient (Wildman–Crippen LogP) is 0.686. The number of Topliss-reactive ketones (excluding diaryl/α,β-unsaturated/α-hetero) is 1. The highest BCUT2D eigenvalue weighted by Crippen LogP contribution is 2.22. The lowest BCUT2D eigenvalue weighted by atomic mass is 9.97. The van der Waals surface area contributed by atoms with Crippen LogP contribution in [-0.2, 0) is 23.0 Å². The number of aromatic nitrogens is 1. The summed E-state index contributed by atoms with van der Waals surface area (Å²) in [5, 5.41) is 4.94. The molecule has 1 aromatic heterocycles. The molecule has 0 fully saturated rings. The molecule has 0 saturated heterocycles. The second-order valence-electron chi connectivity index (χ2n) is 4.37. The lowest BCUT2D eigenvalue weighted by molar-refractivity contribution is 0.0971. The zero-order valence-corrected chi connectivity index (χ0v) is 10.4. The van der Waals surface area contributed by atoms with Crippen LogP contribution >= 0.6 is 0 Å². The third kappa shape index (κ3) is 2.95. The number of nitrogens with two attached hydrogens (primary N) is 1. The van der Waals surface area contributed by atoms with E-state index >= 15 is 0 Å². The molecule has 5 nitrogen and oxygen atoms in total. The molecule has 0 unspecified atom stereocenters. The molecule has 0 aromatic carbocycles. The largest absolute Gasteiger partial charge is 0.351 e. The Bertz CT molecular complexity index is 531. The highest BCUT2D eigenvalue weighted by Gasteiger charge is 2.20. The first-order valence-corrected chi connectivity index (χ1v) is 7.40. The Morgan fingerprint density at radius 1 is 1.35 bits per heavy atom. The van der Waals surface area contributed by atoms with E-state index in [4.69, 9.17) is 5.14 Å². The Hall–Kier alpha value is -1.14. The van der Waals surface area contributed by atoms with E-state index in [2.05, 4.69) is 0 Å².